The highest BCUT2D eigenvalue weighted by atomic mass is 127. The van der Waals surface area contributed by atoms with Crippen molar-refractivity contribution in [3.63, 3.8) is 0 Å². The summed E-state index contributed by atoms with van der Waals surface area (Å²) in [7, 11) is -1.34. The largest absolute Gasteiger partial charge is 0.355 e. The van der Waals surface area contributed by atoms with Gasteiger partial charge in [-0.15, -0.1) is 24.0 Å². The molecule has 0 aromatic heterocycles. The van der Waals surface area contributed by atoms with Gasteiger partial charge < -0.3 is 10.6 Å². The summed E-state index contributed by atoms with van der Waals surface area (Å²) in [6.07, 6.45) is 1.22. The fourth-order valence-electron chi connectivity index (χ4n) is 2.61. The van der Waals surface area contributed by atoms with Crippen LogP contribution in [0.5, 0.6) is 0 Å². The predicted molar refractivity (Wildman–Crippen MR) is 122 cm³/mol. The maximum absolute atomic E-state index is 11.2. The Kier molecular flexibility index (Phi) is 12.5. The Bertz CT molecular complexity index is 666. The number of nitrogens with one attached hydrogen (secondary N) is 2. The number of hydrogen-bond donors (Lipinski definition) is 2. The van der Waals surface area contributed by atoms with Crippen LogP contribution in [0.2, 0.25) is 5.02 Å². The van der Waals surface area contributed by atoms with E-state index in [9.17, 15) is 8.42 Å². The van der Waals surface area contributed by atoms with E-state index in [1.165, 1.54) is 6.26 Å². The Morgan fingerprint density at radius 3 is 2.35 bits per heavy atom. The number of nitrogens with zero attached hydrogens (tertiary/aromatic N) is 2. The summed E-state index contributed by atoms with van der Waals surface area (Å²) in [5.74, 6) is 0.644. The summed E-state index contributed by atoms with van der Waals surface area (Å²) in [5, 5.41) is 7.04. The Labute approximate surface area is 179 Å². The minimum absolute atomic E-state index is 0. The minimum atomic E-state index is -3.00. The maximum Gasteiger partial charge on any atom is 0.191 e. The zero-order valence-electron chi connectivity index (χ0n) is 15.8. The van der Waals surface area contributed by atoms with Crippen LogP contribution in [0, 0.1) is 0 Å². The van der Waals surface area contributed by atoms with Gasteiger partial charge in [-0.3, -0.25) is 9.89 Å². The third-order valence-electron chi connectivity index (χ3n) is 3.97. The number of rotatable bonds is 9. The molecule has 0 aliphatic heterocycles. The Morgan fingerprint density at radius 2 is 1.85 bits per heavy atom. The first-order valence-electron chi connectivity index (χ1n) is 8.43. The molecule has 0 radical (unpaired) electrons. The number of benzene rings is 1. The van der Waals surface area contributed by atoms with Crippen molar-refractivity contribution in [3.05, 3.63) is 34.9 Å². The standard InChI is InChI=1S/C17H29ClN4O2S.HI/c1-5-22(6-2)16(14-9-7-8-10-15(14)18)13-21-17(19-3)20-11-12-25(4,23)24;/h7-10,16H,5-6,11-13H2,1-4H3,(H2,19,20,21);1H. The normalized spacial score (nSPS) is 13.2. The van der Waals surface area contributed by atoms with Gasteiger partial charge in [-0.25, -0.2) is 8.42 Å². The van der Waals surface area contributed by atoms with Crippen LogP contribution >= 0.6 is 35.6 Å². The Morgan fingerprint density at radius 1 is 1.23 bits per heavy atom. The van der Waals surface area contributed by atoms with Gasteiger partial charge in [-0.05, 0) is 24.7 Å². The van der Waals surface area contributed by atoms with Crippen LogP contribution in [-0.4, -0.2) is 64.5 Å². The summed E-state index contributed by atoms with van der Waals surface area (Å²) < 4.78 is 22.5. The van der Waals surface area contributed by atoms with Crippen LogP contribution in [-0.2, 0) is 9.84 Å². The lowest BCUT2D eigenvalue weighted by molar-refractivity contribution is 0.219. The molecule has 0 spiro atoms. The van der Waals surface area contributed by atoms with Crippen molar-refractivity contribution >= 4 is 51.4 Å². The molecule has 0 amide bonds. The molecule has 2 N–H and O–H groups in total. The van der Waals surface area contributed by atoms with Crippen molar-refractivity contribution in [1.82, 2.24) is 15.5 Å². The van der Waals surface area contributed by atoms with Crippen LogP contribution < -0.4 is 10.6 Å². The van der Waals surface area contributed by atoms with Crippen LogP contribution in [0.1, 0.15) is 25.5 Å². The number of aliphatic imine (C=N–C) groups is 1. The molecule has 0 aliphatic rings. The molecule has 1 aromatic carbocycles. The van der Waals surface area contributed by atoms with Crippen molar-refractivity contribution in [2.24, 2.45) is 4.99 Å². The molecule has 9 heteroatoms. The first kappa shape index (κ1) is 25.4. The molecular weight excluding hydrogens is 487 g/mol. The van der Waals surface area contributed by atoms with E-state index in [0.29, 0.717) is 19.0 Å². The molecular formula is C17H30ClIN4O2S. The van der Waals surface area contributed by atoms with E-state index in [4.69, 9.17) is 11.6 Å². The second kappa shape index (κ2) is 12.7. The second-order valence-corrected chi connectivity index (χ2v) is 8.44. The number of hydrogen-bond acceptors (Lipinski definition) is 4. The van der Waals surface area contributed by atoms with E-state index < -0.39 is 9.84 Å². The number of sulfone groups is 1. The highest BCUT2D eigenvalue weighted by Gasteiger charge is 2.20. The smallest absolute Gasteiger partial charge is 0.191 e. The minimum Gasteiger partial charge on any atom is -0.355 e. The predicted octanol–water partition coefficient (Wildman–Crippen LogP) is 2.55. The lowest BCUT2D eigenvalue weighted by Crippen LogP contribution is -2.44. The molecule has 0 fully saturated rings. The summed E-state index contributed by atoms with van der Waals surface area (Å²) in [4.78, 5) is 6.47. The number of guanidine groups is 1. The number of likely N-dealkylation sites (N-methyl/N-ethyl adjacent to an activating group) is 1. The molecule has 26 heavy (non-hydrogen) atoms. The highest BCUT2D eigenvalue weighted by molar-refractivity contribution is 14.0. The van der Waals surface area contributed by atoms with Gasteiger partial charge in [-0.1, -0.05) is 43.6 Å². The van der Waals surface area contributed by atoms with Crippen molar-refractivity contribution in [3.8, 4) is 0 Å². The van der Waals surface area contributed by atoms with Gasteiger partial charge in [-0.2, -0.15) is 0 Å². The van der Waals surface area contributed by atoms with E-state index in [1.807, 2.05) is 24.3 Å². The monoisotopic (exact) mass is 516 g/mol. The molecule has 0 saturated heterocycles. The van der Waals surface area contributed by atoms with E-state index >= 15 is 0 Å². The molecule has 0 heterocycles. The van der Waals surface area contributed by atoms with Crippen molar-refractivity contribution in [1.29, 1.82) is 0 Å². The van der Waals surface area contributed by atoms with E-state index in [0.717, 1.165) is 23.7 Å². The highest BCUT2D eigenvalue weighted by Crippen LogP contribution is 2.26. The van der Waals surface area contributed by atoms with Gasteiger partial charge in [0.1, 0.15) is 9.84 Å². The lowest BCUT2D eigenvalue weighted by atomic mass is 10.0. The zero-order valence-corrected chi connectivity index (χ0v) is 19.7. The van der Waals surface area contributed by atoms with Crippen LogP contribution in [0.4, 0.5) is 0 Å². The molecule has 1 atom stereocenters. The molecule has 1 rings (SSSR count). The first-order chi connectivity index (χ1) is 11.8. The summed E-state index contributed by atoms with van der Waals surface area (Å²) in [6.45, 7) is 6.96. The topological polar surface area (TPSA) is 73.8 Å². The summed E-state index contributed by atoms with van der Waals surface area (Å²) in [6, 6.07) is 7.93. The average Bonchev–Trinajstić information content (AvgIpc) is 2.56. The molecule has 1 aromatic rings. The lowest BCUT2D eigenvalue weighted by Gasteiger charge is -2.31. The molecule has 6 nitrogen and oxygen atoms in total. The van der Waals surface area contributed by atoms with Gasteiger partial charge in [0, 0.05) is 31.4 Å². The zero-order chi connectivity index (χ0) is 18.9. The Hall–Kier alpha value is -0.580. The molecule has 1 unspecified atom stereocenters. The van der Waals surface area contributed by atoms with Gasteiger partial charge in [0.25, 0.3) is 0 Å². The molecule has 150 valence electrons. The van der Waals surface area contributed by atoms with Crippen molar-refractivity contribution < 1.29 is 8.42 Å². The maximum atomic E-state index is 11.2. The van der Waals surface area contributed by atoms with Crippen LogP contribution in [0.15, 0.2) is 29.3 Å². The summed E-state index contributed by atoms with van der Waals surface area (Å²) >= 11 is 6.39. The summed E-state index contributed by atoms with van der Waals surface area (Å²) in [5.41, 5.74) is 1.06. The first-order valence-corrected chi connectivity index (χ1v) is 10.9. The third kappa shape index (κ3) is 8.88. The van der Waals surface area contributed by atoms with Crippen molar-refractivity contribution in [2.75, 3.05) is 45.2 Å². The molecule has 0 bridgehead atoms. The van der Waals surface area contributed by atoms with Gasteiger partial charge in [0.2, 0.25) is 0 Å². The van der Waals surface area contributed by atoms with Crippen LogP contribution in [0.3, 0.4) is 0 Å². The van der Waals surface area contributed by atoms with Gasteiger partial charge >= 0.3 is 0 Å². The molecule has 0 saturated carbocycles. The van der Waals surface area contributed by atoms with E-state index in [-0.39, 0.29) is 35.8 Å². The average molecular weight is 517 g/mol. The third-order valence-corrected chi connectivity index (χ3v) is 5.26. The van der Waals surface area contributed by atoms with Crippen molar-refractivity contribution in [2.45, 2.75) is 19.9 Å². The van der Waals surface area contributed by atoms with Gasteiger partial charge in [0.05, 0.1) is 11.8 Å². The quantitative estimate of drug-likeness (QED) is 0.300. The Balaban J connectivity index is 0.00000625. The fraction of sp³-hybridized carbons (Fsp3) is 0.588. The number of halogens is 2. The SMILES string of the molecule is CCN(CC)C(CNC(=NC)NCCS(C)(=O)=O)c1ccccc1Cl.I. The van der Waals surface area contributed by atoms with Gasteiger partial charge in [0.15, 0.2) is 5.96 Å². The molecule has 0 aliphatic carbocycles. The van der Waals surface area contributed by atoms with E-state index in [2.05, 4.69) is 34.4 Å². The fourth-order valence-corrected chi connectivity index (χ4v) is 3.35. The van der Waals surface area contributed by atoms with E-state index in [1.54, 1.807) is 7.05 Å². The second-order valence-electron chi connectivity index (χ2n) is 5.77. The van der Waals surface area contributed by atoms with Crippen LogP contribution in [0.25, 0.3) is 0 Å².